The van der Waals surface area contributed by atoms with Crippen molar-refractivity contribution in [3.05, 3.63) is 52.7 Å². The number of nitrogens with zero attached hydrogens (tertiary/aromatic N) is 2. The SMILES string of the molecule is Cc1cn2c(/C=C/C(=O)O)c(-c3ccc(C(C)(C)C)cc3)nc2s1. The first-order chi connectivity index (χ1) is 11.3. The number of aryl methyl sites for hydroxylation is 1. The molecule has 0 fully saturated rings. The van der Waals surface area contributed by atoms with E-state index in [1.54, 1.807) is 17.4 Å². The molecule has 0 spiro atoms. The van der Waals surface area contributed by atoms with Crippen LogP contribution < -0.4 is 0 Å². The summed E-state index contributed by atoms with van der Waals surface area (Å²) in [5.74, 6) is -0.967. The summed E-state index contributed by atoms with van der Waals surface area (Å²) in [4.78, 5) is 17.6. The third kappa shape index (κ3) is 3.12. The van der Waals surface area contributed by atoms with E-state index in [-0.39, 0.29) is 5.41 Å². The number of carbonyl (C=O) groups is 1. The average molecular weight is 340 g/mol. The maximum atomic E-state index is 10.9. The van der Waals surface area contributed by atoms with Crippen LogP contribution in [-0.4, -0.2) is 20.5 Å². The Hall–Kier alpha value is -2.40. The van der Waals surface area contributed by atoms with Crippen LogP contribution in [0.15, 0.2) is 36.5 Å². The lowest BCUT2D eigenvalue weighted by Gasteiger charge is -2.19. The van der Waals surface area contributed by atoms with Crippen molar-refractivity contribution in [2.45, 2.75) is 33.1 Å². The number of imidazole rings is 1. The van der Waals surface area contributed by atoms with Crippen molar-refractivity contribution in [2.24, 2.45) is 0 Å². The Kier molecular flexibility index (Phi) is 4.05. The summed E-state index contributed by atoms with van der Waals surface area (Å²) in [5.41, 5.74) is 3.93. The van der Waals surface area contributed by atoms with Gasteiger partial charge in [0.05, 0.1) is 11.4 Å². The maximum absolute atomic E-state index is 10.9. The van der Waals surface area contributed by atoms with Crippen molar-refractivity contribution in [1.29, 1.82) is 0 Å². The zero-order chi connectivity index (χ0) is 17.5. The first kappa shape index (κ1) is 16.5. The number of aromatic nitrogens is 2. The van der Waals surface area contributed by atoms with Gasteiger partial charge in [0.2, 0.25) is 0 Å². The number of fused-ring (bicyclic) bond motifs is 1. The number of carboxylic acid groups (broad SMARTS) is 1. The van der Waals surface area contributed by atoms with Gasteiger partial charge in [0.1, 0.15) is 0 Å². The predicted molar refractivity (Wildman–Crippen MR) is 98.6 cm³/mol. The molecule has 0 saturated heterocycles. The molecule has 0 bridgehead atoms. The molecule has 0 aliphatic carbocycles. The topological polar surface area (TPSA) is 54.6 Å². The number of rotatable bonds is 3. The van der Waals surface area contributed by atoms with E-state index < -0.39 is 5.97 Å². The molecule has 0 radical (unpaired) electrons. The van der Waals surface area contributed by atoms with Gasteiger partial charge < -0.3 is 5.11 Å². The standard InChI is InChI=1S/C19H20N2O2S/c1-12-11-21-15(9-10-16(22)23)17(20-18(21)24-12)13-5-7-14(8-6-13)19(2,3)4/h5-11H,1-4H3,(H,22,23)/b10-9+. The minimum atomic E-state index is -0.967. The molecule has 0 atom stereocenters. The molecule has 1 aromatic carbocycles. The summed E-state index contributed by atoms with van der Waals surface area (Å²) in [6.07, 6.45) is 4.76. The van der Waals surface area contributed by atoms with Crippen LogP contribution in [0.3, 0.4) is 0 Å². The van der Waals surface area contributed by atoms with E-state index in [2.05, 4.69) is 45.0 Å². The van der Waals surface area contributed by atoms with Gasteiger partial charge in [0.25, 0.3) is 0 Å². The van der Waals surface area contributed by atoms with Crippen molar-refractivity contribution < 1.29 is 9.90 Å². The molecule has 2 heterocycles. The van der Waals surface area contributed by atoms with E-state index in [9.17, 15) is 4.79 Å². The number of hydrogen-bond acceptors (Lipinski definition) is 3. The highest BCUT2D eigenvalue weighted by molar-refractivity contribution is 7.17. The van der Waals surface area contributed by atoms with E-state index >= 15 is 0 Å². The average Bonchev–Trinajstić information content (AvgIpc) is 3.00. The normalized spacial score (nSPS) is 12.3. The number of aliphatic carboxylic acids is 1. The van der Waals surface area contributed by atoms with Crippen molar-refractivity contribution in [1.82, 2.24) is 9.38 Å². The maximum Gasteiger partial charge on any atom is 0.328 e. The Morgan fingerprint density at radius 3 is 2.50 bits per heavy atom. The predicted octanol–water partition coefficient (Wildman–Crippen LogP) is 4.77. The van der Waals surface area contributed by atoms with Gasteiger partial charge in [0.15, 0.2) is 4.96 Å². The Morgan fingerprint density at radius 1 is 1.25 bits per heavy atom. The molecule has 24 heavy (non-hydrogen) atoms. The fourth-order valence-corrected chi connectivity index (χ4v) is 3.46. The van der Waals surface area contributed by atoms with E-state index in [0.29, 0.717) is 0 Å². The zero-order valence-electron chi connectivity index (χ0n) is 14.2. The van der Waals surface area contributed by atoms with Crippen LogP contribution in [0, 0.1) is 6.92 Å². The van der Waals surface area contributed by atoms with Crippen LogP contribution in [-0.2, 0) is 10.2 Å². The fourth-order valence-electron chi connectivity index (χ4n) is 2.62. The van der Waals surface area contributed by atoms with Gasteiger partial charge in [-0.1, -0.05) is 45.0 Å². The highest BCUT2D eigenvalue weighted by Gasteiger charge is 2.17. The lowest BCUT2D eigenvalue weighted by atomic mass is 9.86. The minimum Gasteiger partial charge on any atom is -0.478 e. The molecule has 3 aromatic rings. The molecule has 5 heteroatoms. The zero-order valence-corrected chi connectivity index (χ0v) is 15.0. The van der Waals surface area contributed by atoms with Crippen molar-refractivity contribution in [3.8, 4) is 11.3 Å². The molecular formula is C19H20N2O2S. The second-order valence-electron chi connectivity index (χ2n) is 6.84. The molecule has 4 nitrogen and oxygen atoms in total. The molecular weight excluding hydrogens is 320 g/mol. The molecule has 0 saturated carbocycles. The summed E-state index contributed by atoms with van der Waals surface area (Å²) in [5, 5.41) is 8.96. The van der Waals surface area contributed by atoms with Crippen LogP contribution in [0.2, 0.25) is 0 Å². The summed E-state index contributed by atoms with van der Waals surface area (Å²) >= 11 is 1.59. The first-order valence-electron chi connectivity index (χ1n) is 7.76. The largest absolute Gasteiger partial charge is 0.478 e. The summed E-state index contributed by atoms with van der Waals surface area (Å²) < 4.78 is 1.95. The first-order valence-corrected chi connectivity index (χ1v) is 8.58. The molecule has 0 unspecified atom stereocenters. The number of thiazole rings is 1. The molecule has 0 aliphatic rings. The monoisotopic (exact) mass is 340 g/mol. The van der Waals surface area contributed by atoms with Gasteiger partial charge in [-0.25, -0.2) is 9.78 Å². The highest BCUT2D eigenvalue weighted by Crippen LogP contribution is 2.31. The molecule has 0 aliphatic heterocycles. The lowest BCUT2D eigenvalue weighted by molar-refractivity contribution is -0.131. The smallest absolute Gasteiger partial charge is 0.328 e. The van der Waals surface area contributed by atoms with E-state index in [0.717, 1.165) is 32.9 Å². The van der Waals surface area contributed by atoms with Gasteiger partial charge in [0, 0.05) is 22.7 Å². The second kappa shape index (κ2) is 5.91. The quantitative estimate of drug-likeness (QED) is 0.699. The van der Waals surface area contributed by atoms with Crippen molar-refractivity contribution >= 4 is 28.3 Å². The Morgan fingerprint density at radius 2 is 1.92 bits per heavy atom. The summed E-state index contributed by atoms with van der Waals surface area (Å²) in [6, 6.07) is 8.33. The molecule has 124 valence electrons. The van der Waals surface area contributed by atoms with Crippen LogP contribution in [0.25, 0.3) is 22.3 Å². The van der Waals surface area contributed by atoms with Gasteiger partial charge in [-0.05, 0) is 24.0 Å². The Balaban J connectivity index is 2.13. The highest BCUT2D eigenvalue weighted by atomic mass is 32.1. The molecule has 3 rings (SSSR count). The number of benzene rings is 1. The fraction of sp³-hybridized carbons (Fsp3) is 0.263. The van der Waals surface area contributed by atoms with Gasteiger partial charge in [-0.3, -0.25) is 4.40 Å². The van der Waals surface area contributed by atoms with Gasteiger partial charge in [-0.15, -0.1) is 11.3 Å². The van der Waals surface area contributed by atoms with E-state index in [1.165, 1.54) is 5.56 Å². The third-order valence-corrected chi connectivity index (χ3v) is 4.78. The summed E-state index contributed by atoms with van der Waals surface area (Å²) in [7, 11) is 0. The van der Waals surface area contributed by atoms with Crippen LogP contribution in [0.5, 0.6) is 0 Å². The van der Waals surface area contributed by atoms with Gasteiger partial charge >= 0.3 is 5.97 Å². The van der Waals surface area contributed by atoms with Crippen molar-refractivity contribution in [2.75, 3.05) is 0 Å². The molecule has 2 aromatic heterocycles. The summed E-state index contributed by atoms with van der Waals surface area (Å²) in [6.45, 7) is 8.55. The minimum absolute atomic E-state index is 0.0935. The van der Waals surface area contributed by atoms with Gasteiger partial charge in [-0.2, -0.15) is 0 Å². The number of hydrogen-bond donors (Lipinski definition) is 1. The van der Waals surface area contributed by atoms with Crippen molar-refractivity contribution in [3.63, 3.8) is 0 Å². The van der Waals surface area contributed by atoms with Crippen LogP contribution >= 0.6 is 11.3 Å². The Labute approximate surface area is 145 Å². The second-order valence-corrected chi connectivity index (χ2v) is 8.05. The van der Waals surface area contributed by atoms with Crippen LogP contribution in [0.1, 0.15) is 36.9 Å². The third-order valence-electron chi connectivity index (χ3n) is 3.89. The molecule has 1 N–H and O–H groups in total. The van der Waals surface area contributed by atoms with E-state index in [1.807, 2.05) is 17.5 Å². The number of carboxylic acids is 1. The molecule has 0 amide bonds. The van der Waals surface area contributed by atoms with E-state index in [4.69, 9.17) is 10.1 Å². The Bertz CT molecular complexity index is 925. The van der Waals surface area contributed by atoms with Crippen LogP contribution in [0.4, 0.5) is 0 Å². The lowest BCUT2D eigenvalue weighted by Crippen LogP contribution is -2.10.